The van der Waals surface area contributed by atoms with E-state index in [9.17, 15) is 4.79 Å². The van der Waals surface area contributed by atoms with Gasteiger partial charge in [-0.3, -0.25) is 4.79 Å². The van der Waals surface area contributed by atoms with Crippen molar-refractivity contribution >= 4 is 5.97 Å². The zero-order valence-corrected chi connectivity index (χ0v) is 17.4. The van der Waals surface area contributed by atoms with Gasteiger partial charge in [0.1, 0.15) is 6.10 Å². The van der Waals surface area contributed by atoms with Crippen LogP contribution in [0.5, 0.6) is 0 Å². The number of aliphatic hydroxyl groups is 2. The van der Waals surface area contributed by atoms with E-state index in [2.05, 4.69) is 0 Å². The molecule has 0 aromatic heterocycles. The number of hydrogen-bond acceptors (Lipinski definition) is 5. The molecule has 0 saturated carbocycles. The Morgan fingerprint density at radius 1 is 0.852 bits per heavy atom. The molecule has 3 unspecified atom stereocenters. The van der Waals surface area contributed by atoms with Crippen LogP contribution in [0.4, 0.5) is 0 Å². The summed E-state index contributed by atoms with van der Waals surface area (Å²) in [6.45, 7) is 2.15. The highest BCUT2D eigenvalue weighted by Gasteiger charge is 2.36. The van der Waals surface area contributed by atoms with Crippen LogP contribution >= 0.6 is 0 Å². The number of epoxide rings is 1. The van der Waals surface area contributed by atoms with Gasteiger partial charge in [-0.1, -0.05) is 64.7 Å². The van der Waals surface area contributed by atoms with Gasteiger partial charge < -0.3 is 19.7 Å². The number of carbonyl (C=O) groups is 1. The van der Waals surface area contributed by atoms with E-state index in [0.717, 1.165) is 32.1 Å². The second-order valence-corrected chi connectivity index (χ2v) is 7.86. The van der Waals surface area contributed by atoms with Crippen molar-refractivity contribution in [3.05, 3.63) is 0 Å². The fourth-order valence-corrected chi connectivity index (χ4v) is 3.49. The Morgan fingerprint density at radius 3 is 1.89 bits per heavy atom. The molecule has 0 aromatic carbocycles. The lowest BCUT2D eigenvalue weighted by Crippen LogP contribution is -2.20. The van der Waals surface area contributed by atoms with Crippen LogP contribution in [-0.2, 0) is 14.3 Å². The van der Waals surface area contributed by atoms with Crippen molar-refractivity contribution in [2.45, 2.75) is 122 Å². The molecule has 1 fully saturated rings. The predicted molar refractivity (Wildman–Crippen MR) is 108 cm³/mol. The molecule has 1 saturated heterocycles. The minimum absolute atomic E-state index is 0.0862. The largest absolute Gasteiger partial charge is 0.460 e. The SMILES string of the molecule is CCC(CO)OC(=O)CCCCCCCC1OC1CCCCCCCCO. The summed E-state index contributed by atoms with van der Waals surface area (Å²) in [6.07, 6.45) is 16.9. The summed E-state index contributed by atoms with van der Waals surface area (Å²) < 4.78 is 10.9. The second-order valence-electron chi connectivity index (χ2n) is 7.86. The molecule has 0 radical (unpaired) electrons. The van der Waals surface area contributed by atoms with Crippen molar-refractivity contribution in [1.82, 2.24) is 0 Å². The van der Waals surface area contributed by atoms with E-state index in [1.54, 1.807) is 0 Å². The first kappa shape index (κ1) is 24.4. The Morgan fingerprint density at radius 2 is 1.37 bits per heavy atom. The van der Waals surface area contributed by atoms with Crippen LogP contribution in [0.2, 0.25) is 0 Å². The van der Waals surface area contributed by atoms with Crippen LogP contribution in [0.15, 0.2) is 0 Å². The predicted octanol–water partition coefficient (Wildman–Crippen LogP) is 4.52. The van der Waals surface area contributed by atoms with Gasteiger partial charge in [0.2, 0.25) is 0 Å². The minimum atomic E-state index is -0.338. The van der Waals surface area contributed by atoms with Gasteiger partial charge in [-0.2, -0.15) is 0 Å². The molecule has 27 heavy (non-hydrogen) atoms. The maximum atomic E-state index is 11.6. The first-order chi connectivity index (χ1) is 13.2. The van der Waals surface area contributed by atoms with Crippen molar-refractivity contribution < 1.29 is 24.5 Å². The molecule has 5 heteroatoms. The molecule has 160 valence electrons. The first-order valence-electron chi connectivity index (χ1n) is 11.3. The molecule has 3 atom stereocenters. The lowest BCUT2D eigenvalue weighted by Gasteiger charge is -2.12. The average molecular weight is 387 g/mol. The summed E-state index contributed by atoms with van der Waals surface area (Å²) in [5.74, 6) is -0.182. The Kier molecular flexibility index (Phi) is 14.7. The maximum absolute atomic E-state index is 11.6. The highest BCUT2D eigenvalue weighted by Crippen LogP contribution is 2.31. The van der Waals surface area contributed by atoms with Crippen LogP contribution in [0.3, 0.4) is 0 Å². The molecular formula is C22H42O5. The number of ether oxygens (including phenoxy) is 2. The van der Waals surface area contributed by atoms with Gasteiger partial charge in [0, 0.05) is 13.0 Å². The van der Waals surface area contributed by atoms with Gasteiger partial charge in [0.25, 0.3) is 0 Å². The van der Waals surface area contributed by atoms with Crippen LogP contribution in [0, 0.1) is 0 Å². The summed E-state index contributed by atoms with van der Waals surface area (Å²) in [4.78, 5) is 11.6. The van der Waals surface area contributed by atoms with Crippen LogP contribution in [0.1, 0.15) is 103 Å². The van der Waals surface area contributed by atoms with Gasteiger partial charge in [-0.25, -0.2) is 0 Å². The van der Waals surface area contributed by atoms with Crippen molar-refractivity contribution in [3.8, 4) is 0 Å². The van der Waals surface area contributed by atoms with Gasteiger partial charge in [0.05, 0.1) is 18.8 Å². The molecule has 1 heterocycles. The molecule has 1 rings (SSSR count). The topological polar surface area (TPSA) is 79.3 Å². The fraction of sp³-hybridized carbons (Fsp3) is 0.955. The average Bonchev–Trinajstić information content (AvgIpc) is 3.42. The van der Waals surface area contributed by atoms with E-state index in [0.29, 0.717) is 31.7 Å². The Bertz CT molecular complexity index is 357. The summed E-state index contributed by atoms with van der Waals surface area (Å²) in [5.41, 5.74) is 0. The molecule has 2 N–H and O–H groups in total. The van der Waals surface area contributed by atoms with Crippen LogP contribution < -0.4 is 0 Å². The van der Waals surface area contributed by atoms with Crippen molar-refractivity contribution in [3.63, 3.8) is 0 Å². The highest BCUT2D eigenvalue weighted by atomic mass is 16.6. The number of hydrogen-bond donors (Lipinski definition) is 2. The van der Waals surface area contributed by atoms with Gasteiger partial charge in [0.15, 0.2) is 0 Å². The van der Waals surface area contributed by atoms with E-state index in [1.807, 2.05) is 6.92 Å². The summed E-state index contributed by atoms with van der Waals surface area (Å²) in [6, 6.07) is 0. The zero-order chi connectivity index (χ0) is 19.7. The third kappa shape index (κ3) is 13.2. The molecular weight excluding hydrogens is 344 g/mol. The molecule has 1 aliphatic rings. The van der Waals surface area contributed by atoms with E-state index in [1.165, 1.54) is 51.4 Å². The Hall–Kier alpha value is -0.650. The van der Waals surface area contributed by atoms with Crippen LogP contribution in [0.25, 0.3) is 0 Å². The monoisotopic (exact) mass is 386 g/mol. The van der Waals surface area contributed by atoms with Gasteiger partial charge >= 0.3 is 5.97 Å². The maximum Gasteiger partial charge on any atom is 0.306 e. The lowest BCUT2D eigenvalue weighted by atomic mass is 10.0. The number of carbonyl (C=O) groups excluding carboxylic acids is 1. The molecule has 0 aromatic rings. The number of unbranched alkanes of at least 4 members (excludes halogenated alkanes) is 9. The Balaban J connectivity index is 1.81. The minimum Gasteiger partial charge on any atom is -0.460 e. The van der Waals surface area contributed by atoms with E-state index in [-0.39, 0.29) is 18.7 Å². The number of rotatable bonds is 19. The molecule has 0 bridgehead atoms. The van der Waals surface area contributed by atoms with Crippen LogP contribution in [-0.4, -0.2) is 47.7 Å². The summed E-state index contributed by atoms with van der Waals surface area (Å²) in [5, 5.41) is 17.8. The normalized spacial score (nSPS) is 19.8. The third-order valence-electron chi connectivity index (χ3n) is 5.41. The van der Waals surface area contributed by atoms with Gasteiger partial charge in [-0.05, 0) is 32.1 Å². The standard InChI is InChI=1S/C22H42O5/c1-2-19(18-24)26-22(25)16-12-8-5-7-11-15-21-20(27-21)14-10-6-3-4-9-13-17-23/h19-21,23-24H,2-18H2,1H3. The van der Waals surface area contributed by atoms with E-state index < -0.39 is 0 Å². The molecule has 0 spiro atoms. The smallest absolute Gasteiger partial charge is 0.306 e. The van der Waals surface area contributed by atoms with Crippen molar-refractivity contribution in [1.29, 1.82) is 0 Å². The van der Waals surface area contributed by atoms with E-state index >= 15 is 0 Å². The lowest BCUT2D eigenvalue weighted by molar-refractivity contribution is -0.151. The first-order valence-corrected chi connectivity index (χ1v) is 11.3. The Labute approximate surface area is 165 Å². The second kappa shape index (κ2) is 16.3. The number of esters is 1. The van der Waals surface area contributed by atoms with E-state index in [4.69, 9.17) is 19.7 Å². The molecule has 1 aliphatic heterocycles. The molecule has 0 amide bonds. The fourth-order valence-electron chi connectivity index (χ4n) is 3.49. The summed E-state index contributed by atoms with van der Waals surface area (Å²) >= 11 is 0. The quantitative estimate of drug-likeness (QED) is 0.194. The van der Waals surface area contributed by atoms with Crippen molar-refractivity contribution in [2.75, 3.05) is 13.2 Å². The molecule has 5 nitrogen and oxygen atoms in total. The third-order valence-corrected chi connectivity index (χ3v) is 5.41. The molecule has 0 aliphatic carbocycles. The summed E-state index contributed by atoms with van der Waals surface area (Å²) in [7, 11) is 0. The number of aliphatic hydroxyl groups excluding tert-OH is 2. The zero-order valence-electron chi connectivity index (χ0n) is 17.4. The van der Waals surface area contributed by atoms with Gasteiger partial charge in [-0.15, -0.1) is 0 Å². The van der Waals surface area contributed by atoms with Crippen molar-refractivity contribution in [2.24, 2.45) is 0 Å². The highest BCUT2D eigenvalue weighted by molar-refractivity contribution is 5.69.